The van der Waals surface area contributed by atoms with E-state index in [4.69, 9.17) is 5.11 Å². The van der Waals surface area contributed by atoms with Gasteiger partial charge in [0.1, 0.15) is 4.90 Å². The molecule has 0 saturated heterocycles. The van der Waals surface area contributed by atoms with E-state index in [0.717, 1.165) is 12.8 Å². The van der Waals surface area contributed by atoms with Crippen LogP contribution >= 0.6 is 27.3 Å². The van der Waals surface area contributed by atoms with Crippen LogP contribution in [0.25, 0.3) is 0 Å². The fraction of sp³-hybridized carbons (Fsp3) is 0.692. The van der Waals surface area contributed by atoms with Gasteiger partial charge in [-0.3, -0.25) is 0 Å². The van der Waals surface area contributed by atoms with Gasteiger partial charge in [0.05, 0.1) is 10.4 Å². The minimum atomic E-state index is -3.52. The van der Waals surface area contributed by atoms with Crippen LogP contribution in [0.4, 0.5) is 0 Å². The Morgan fingerprint density at radius 3 is 2.60 bits per heavy atom. The van der Waals surface area contributed by atoms with Gasteiger partial charge in [0.25, 0.3) is 0 Å². The highest BCUT2D eigenvalue weighted by Crippen LogP contribution is 2.36. The molecule has 0 bridgehead atoms. The smallest absolute Gasteiger partial charge is 0.242 e. The summed E-state index contributed by atoms with van der Waals surface area (Å²) in [5, 5.41) is 9.09. The topological polar surface area (TPSA) is 66.4 Å². The van der Waals surface area contributed by atoms with Crippen molar-refractivity contribution in [2.24, 2.45) is 5.41 Å². The molecule has 0 spiro atoms. The summed E-state index contributed by atoms with van der Waals surface area (Å²) < 4.78 is 28.0. The van der Waals surface area contributed by atoms with Crippen LogP contribution in [0, 0.1) is 5.41 Å². The third-order valence-electron chi connectivity index (χ3n) is 3.90. The molecule has 4 nitrogen and oxygen atoms in total. The zero-order valence-corrected chi connectivity index (χ0v) is 14.7. The van der Waals surface area contributed by atoms with Gasteiger partial charge in [0.2, 0.25) is 10.0 Å². The number of sulfonamides is 1. The summed E-state index contributed by atoms with van der Waals surface area (Å²) in [5.41, 5.74) is 0.0631. The average Bonchev–Trinajstić information content (AvgIpc) is 2.80. The maximum absolute atomic E-state index is 12.4. The highest BCUT2D eigenvalue weighted by molar-refractivity contribution is 9.11. The lowest BCUT2D eigenvalue weighted by Gasteiger charge is -2.33. The predicted octanol–water partition coefficient (Wildman–Crippen LogP) is 3.25. The van der Waals surface area contributed by atoms with Crippen LogP contribution in [0.5, 0.6) is 0 Å². The SMILES string of the molecule is CC1(CNS(=O)(=O)c2cc(CO)sc2Br)CCCCC1. The van der Waals surface area contributed by atoms with Crippen LogP contribution in [0.1, 0.15) is 43.9 Å². The molecule has 1 fully saturated rings. The normalized spacial score (nSPS) is 19.1. The molecule has 1 aromatic heterocycles. The average molecular weight is 382 g/mol. The van der Waals surface area contributed by atoms with Gasteiger partial charge in [-0.25, -0.2) is 13.1 Å². The van der Waals surface area contributed by atoms with Gasteiger partial charge in [-0.1, -0.05) is 26.2 Å². The molecular weight excluding hydrogens is 362 g/mol. The number of thiophene rings is 1. The second-order valence-electron chi connectivity index (χ2n) is 5.70. The summed E-state index contributed by atoms with van der Waals surface area (Å²) in [5.74, 6) is 0. The Balaban J connectivity index is 2.08. The monoisotopic (exact) mass is 381 g/mol. The van der Waals surface area contributed by atoms with E-state index in [2.05, 4.69) is 27.6 Å². The summed E-state index contributed by atoms with van der Waals surface area (Å²) in [6.07, 6.45) is 5.74. The van der Waals surface area contributed by atoms with E-state index in [9.17, 15) is 8.42 Å². The fourth-order valence-corrected chi connectivity index (χ4v) is 6.33. The zero-order chi connectivity index (χ0) is 14.8. The van der Waals surface area contributed by atoms with Gasteiger partial charge in [0.15, 0.2) is 0 Å². The van der Waals surface area contributed by atoms with E-state index in [-0.39, 0.29) is 16.9 Å². The number of rotatable bonds is 5. The highest BCUT2D eigenvalue weighted by Gasteiger charge is 2.29. The number of aliphatic hydroxyl groups excluding tert-OH is 1. The largest absolute Gasteiger partial charge is 0.391 e. The lowest BCUT2D eigenvalue weighted by Crippen LogP contribution is -2.36. The van der Waals surface area contributed by atoms with E-state index >= 15 is 0 Å². The molecule has 114 valence electrons. The van der Waals surface area contributed by atoms with Crippen LogP contribution < -0.4 is 4.72 Å². The van der Waals surface area contributed by atoms with E-state index in [1.54, 1.807) is 0 Å². The molecule has 1 aliphatic carbocycles. The Labute approximate surface area is 132 Å². The van der Waals surface area contributed by atoms with E-state index < -0.39 is 10.0 Å². The van der Waals surface area contributed by atoms with Gasteiger partial charge in [-0.15, -0.1) is 11.3 Å². The lowest BCUT2D eigenvalue weighted by atomic mass is 9.76. The van der Waals surface area contributed by atoms with Crippen molar-refractivity contribution in [3.63, 3.8) is 0 Å². The Bertz CT molecular complexity index is 562. The molecule has 2 rings (SSSR count). The Morgan fingerprint density at radius 2 is 2.05 bits per heavy atom. The molecule has 1 heterocycles. The van der Waals surface area contributed by atoms with Gasteiger partial charge in [-0.2, -0.15) is 0 Å². The molecule has 0 atom stereocenters. The standard InChI is InChI=1S/C13H20BrNO3S2/c1-13(5-3-2-4-6-13)9-15-20(17,18)11-7-10(8-16)19-12(11)14/h7,15-16H,2-6,8-9H2,1H3. The van der Waals surface area contributed by atoms with Crippen LogP contribution in [0.2, 0.25) is 0 Å². The van der Waals surface area contributed by atoms with Crippen molar-refractivity contribution in [2.45, 2.75) is 50.5 Å². The van der Waals surface area contributed by atoms with E-state index in [0.29, 0.717) is 15.2 Å². The van der Waals surface area contributed by atoms with E-state index in [1.807, 2.05) is 0 Å². The molecule has 2 N–H and O–H groups in total. The summed E-state index contributed by atoms with van der Waals surface area (Å²) in [4.78, 5) is 0.868. The number of aliphatic hydroxyl groups is 1. The summed E-state index contributed by atoms with van der Waals surface area (Å²) in [7, 11) is -3.52. The maximum atomic E-state index is 12.4. The van der Waals surface area contributed by atoms with Gasteiger partial charge in [-0.05, 0) is 40.3 Å². The van der Waals surface area contributed by atoms with Crippen LogP contribution in [-0.4, -0.2) is 20.1 Å². The van der Waals surface area contributed by atoms with Crippen molar-refractivity contribution >= 4 is 37.3 Å². The van der Waals surface area contributed by atoms with E-state index in [1.165, 1.54) is 36.7 Å². The third-order valence-corrected chi connectivity index (χ3v) is 7.54. The molecule has 0 unspecified atom stereocenters. The molecule has 1 aliphatic rings. The first-order valence-electron chi connectivity index (χ1n) is 6.75. The minimum absolute atomic E-state index is 0.0631. The molecule has 1 aromatic rings. The highest BCUT2D eigenvalue weighted by atomic mass is 79.9. The van der Waals surface area contributed by atoms with Gasteiger partial charge < -0.3 is 5.11 Å². The first kappa shape index (κ1) is 16.4. The first-order valence-corrected chi connectivity index (χ1v) is 9.84. The van der Waals surface area contributed by atoms with Gasteiger partial charge in [0, 0.05) is 11.4 Å². The quantitative estimate of drug-likeness (QED) is 0.822. The summed E-state index contributed by atoms with van der Waals surface area (Å²) in [6.45, 7) is 2.49. The Morgan fingerprint density at radius 1 is 1.40 bits per heavy atom. The fourth-order valence-electron chi connectivity index (χ4n) is 2.59. The molecule has 1 saturated carbocycles. The van der Waals surface area contributed by atoms with Crippen LogP contribution in [0.3, 0.4) is 0 Å². The predicted molar refractivity (Wildman–Crippen MR) is 84.3 cm³/mol. The molecule has 20 heavy (non-hydrogen) atoms. The zero-order valence-electron chi connectivity index (χ0n) is 11.5. The Kier molecular flexibility index (Phi) is 5.29. The number of halogens is 1. The molecule has 0 amide bonds. The van der Waals surface area contributed by atoms with Crippen LogP contribution in [-0.2, 0) is 16.6 Å². The summed E-state index contributed by atoms with van der Waals surface area (Å²) in [6, 6.07) is 1.53. The second-order valence-corrected chi connectivity index (χ2v) is 9.89. The second kappa shape index (κ2) is 6.44. The van der Waals surface area contributed by atoms with Crippen molar-refractivity contribution in [1.82, 2.24) is 4.72 Å². The minimum Gasteiger partial charge on any atom is -0.391 e. The number of nitrogens with one attached hydrogen (secondary N) is 1. The number of hydrogen-bond acceptors (Lipinski definition) is 4. The number of hydrogen-bond donors (Lipinski definition) is 2. The maximum Gasteiger partial charge on any atom is 0.242 e. The first-order chi connectivity index (χ1) is 9.36. The van der Waals surface area contributed by atoms with Gasteiger partial charge >= 0.3 is 0 Å². The summed E-state index contributed by atoms with van der Waals surface area (Å²) >= 11 is 4.51. The lowest BCUT2D eigenvalue weighted by molar-refractivity contribution is 0.219. The molecule has 7 heteroatoms. The van der Waals surface area contributed by atoms with Crippen molar-refractivity contribution in [2.75, 3.05) is 6.54 Å². The molecule has 0 aromatic carbocycles. The van der Waals surface area contributed by atoms with Crippen molar-refractivity contribution in [1.29, 1.82) is 0 Å². The Hall–Kier alpha value is 0.0500. The third kappa shape index (κ3) is 3.82. The molecule has 0 radical (unpaired) electrons. The molecular formula is C13H20BrNO3S2. The van der Waals surface area contributed by atoms with Crippen molar-refractivity contribution < 1.29 is 13.5 Å². The van der Waals surface area contributed by atoms with Crippen molar-refractivity contribution in [3.05, 3.63) is 14.7 Å². The van der Waals surface area contributed by atoms with Crippen molar-refractivity contribution in [3.8, 4) is 0 Å². The van der Waals surface area contributed by atoms with Crippen LogP contribution in [0.15, 0.2) is 14.7 Å². The molecule has 0 aliphatic heterocycles.